The zero-order valence-corrected chi connectivity index (χ0v) is 7.63. The molecule has 0 atom stereocenters. The zero-order valence-electron chi connectivity index (χ0n) is 6.81. The van der Waals surface area contributed by atoms with Crippen molar-refractivity contribution < 1.29 is 0 Å². The Balaban J connectivity index is 2.14. The summed E-state index contributed by atoms with van der Waals surface area (Å²) in [4.78, 5) is 0. The van der Waals surface area contributed by atoms with Crippen LogP contribution in [0.15, 0.2) is 0 Å². The minimum absolute atomic E-state index is 0.190. The lowest BCUT2D eigenvalue weighted by atomic mass is 10.1. The second-order valence-corrected chi connectivity index (χ2v) is 3.76. The fourth-order valence-corrected chi connectivity index (χ4v) is 1.58. The second kappa shape index (κ2) is 4.01. The van der Waals surface area contributed by atoms with Gasteiger partial charge in [0.25, 0.3) is 0 Å². The summed E-state index contributed by atoms with van der Waals surface area (Å²) in [5.41, 5.74) is 6.51. The molecule has 1 saturated heterocycles. The maximum Gasteiger partial charge on any atom is 0.0960 e. The second-order valence-electron chi connectivity index (χ2n) is 2.78. The fourth-order valence-electron chi connectivity index (χ4n) is 1.03. The van der Waals surface area contributed by atoms with Gasteiger partial charge >= 0.3 is 0 Å². The average Bonchev–Trinajstić information content (AvgIpc) is 2.79. The van der Waals surface area contributed by atoms with E-state index in [1.807, 2.05) is 11.8 Å². The van der Waals surface area contributed by atoms with Crippen molar-refractivity contribution in [1.82, 2.24) is 10.9 Å². The Bertz CT molecular complexity index is 158. The summed E-state index contributed by atoms with van der Waals surface area (Å²) in [5, 5.41) is 0. The summed E-state index contributed by atoms with van der Waals surface area (Å²) in [6.45, 7) is 0. The molecule has 11 heavy (non-hydrogen) atoms. The average molecular weight is 170 g/mol. The van der Waals surface area contributed by atoms with Gasteiger partial charge in [-0.15, -0.1) is 12.3 Å². The van der Waals surface area contributed by atoms with Crippen LogP contribution in [0, 0.1) is 12.3 Å². The molecule has 0 bridgehead atoms. The summed E-state index contributed by atoms with van der Waals surface area (Å²) in [7, 11) is 0. The van der Waals surface area contributed by atoms with Gasteiger partial charge in [0.05, 0.1) is 5.66 Å². The summed E-state index contributed by atoms with van der Waals surface area (Å²) in [5.74, 6) is 3.84. The maximum absolute atomic E-state index is 5.18. The third-order valence-corrected chi connectivity index (χ3v) is 2.52. The Labute approximate surface area is 72.5 Å². The van der Waals surface area contributed by atoms with Crippen molar-refractivity contribution in [2.45, 2.75) is 24.9 Å². The highest BCUT2D eigenvalue weighted by Gasteiger charge is 2.39. The SMILES string of the molecule is C#CCCC1(CCSC)NN1. The summed E-state index contributed by atoms with van der Waals surface area (Å²) in [6.07, 6.45) is 10.4. The van der Waals surface area contributed by atoms with E-state index >= 15 is 0 Å². The van der Waals surface area contributed by atoms with Crippen LogP contribution in [-0.2, 0) is 0 Å². The highest BCUT2D eigenvalue weighted by Crippen LogP contribution is 2.22. The highest BCUT2D eigenvalue weighted by molar-refractivity contribution is 7.98. The van der Waals surface area contributed by atoms with Gasteiger partial charge in [-0.1, -0.05) is 0 Å². The number of nitrogens with one attached hydrogen (secondary N) is 2. The van der Waals surface area contributed by atoms with Crippen LogP contribution in [0.4, 0.5) is 0 Å². The molecule has 0 spiro atoms. The molecule has 0 aromatic heterocycles. The predicted octanol–water partition coefficient (Wildman–Crippen LogP) is 0.957. The molecule has 1 heterocycles. The third kappa shape index (κ3) is 2.74. The van der Waals surface area contributed by atoms with E-state index in [-0.39, 0.29) is 5.66 Å². The Morgan fingerprint density at radius 1 is 1.45 bits per heavy atom. The van der Waals surface area contributed by atoms with Gasteiger partial charge < -0.3 is 0 Å². The van der Waals surface area contributed by atoms with Crippen molar-refractivity contribution >= 4 is 11.8 Å². The molecule has 2 nitrogen and oxygen atoms in total. The van der Waals surface area contributed by atoms with Crippen LogP contribution in [0.5, 0.6) is 0 Å². The largest absolute Gasteiger partial charge is 0.235 e. The molecular weight excluding hydrogens is 156 g/mol. The molecule has 3 heteroatoms. The fraction of sp³-hybridized carbons (Fsp3) is 0.750. The molecule has 0 radical (unpaired) electrons. The van der Waals surface area contributed by atoms with Gasteiger partial charge in [0.2, 0.25) is 0 Å². The van der Waals surface area contributed by atoms with Crippen molar-refractivity contribution in [3.05, 3.63) is 0 Å². The lowest BCUT2D eigenvalue weighted by molar-refractivity contribution is 0.548. The molecule has 0 aromatic carbocycles. The lowest BCUT2D eigenvalue weighted by Gasteiger charge is -2.07. The first-order valence-electron chi connectivity index (χ1n) is 3.80. The van der Waals surface area contributed by atoms with E-state index in [9.17, 15) is 0 Å². The molecule has 0 aromatic rings. The van der Waals surface area contributed by atoms with Crippen LogP contribution in [0.3, 0.4) is 0 Å². The standard InChI is InChI=1S/C8H14N2S/c1-3-4-5-8(9-10-8)6-7-11-2/h1,9-10H,4-7H2,2H3. The van der Waals surface area contributed by atoms with Crippen LogP contribution in [0.2, 0.25) is 0 Å². The van der Waals surface area contributed by atoms with E-state index < -0.39 is 0 Å². The van der Waals surface area contributed by atoms with E-state index in [1.54, 1.807) is 0 Å². The van der Waals surface area contributed by atoms with Crippen molar-refractivity contribution in [2.75, 3.05) is 12.0 Å². The monoisotopic (exact) mass is 170 g/mol. The number of thioether (sulfide) groups is 1. The number of hydrogen-bond acceptors (Lipinski definition) is 3. The van der Waals surface area contributed by atoms with Gasteiger partial charge in [0.1, 0.15) is 0 Å². The molecular formula is C8H14N2S. The smallest absolute Gasteiger partial charge is 0.0960 e. The minimum atomic E-state index is 0.190. The Morgan fingerprint density at radius 2 is 2.18 bits per heavy atom. The number of rotatable bonds is 5. The van der Waals surface area contributed by atoms with Crippen molar-refractivity contribution in [1.29, 1.82) is 0 Å². The molecule has 0 unspecified atom stereocenters. The number of terminal acetylenes is 1. The Morgan fingerprint density at radius 3 is 2.64 bits per heavy atom. The third-order valence-electron chi connectivity index (χ3n) is 1.91. The topological polar surface area (TPSA) is 43.9 Å². The molecule has 1 aliphatic rings. The first-order valence-corrected chi connectivity index (χ1v) is 5.19. The van der Waals surface area contributed by atoms with Gasteiger partial charge in [-0.05, 0) is 24.9 Å². The summed E-state index contributed by atoms with van der Waals surface area (Å²) in [6, 6.07) is 0. The molecule has 0 amide bonds. The Kier molecular flexibility index (Phi) is 3.25. The minimum Gasteiger partial charge on any atom is -0.235 e. The van der Waals surface area contributed by atoms with Crippen molar-refractivity contribution in [3.8, 4) is 12.3 Å². The van der Waals surface area contributed by atoms with Crippen molar-refractivity contribution in [2.24, 2.45) is 0 Å². The van der Waals surface area contributed by atoms with Crippen LogP contribution in [0.1, 0.15) is 19.3 Å². The molecule has 62 valence electrons. The summed E-state index contributed by atoms with van der Waals surface area (Å²) < 4.78 is 0. The van der Waals surface area contributed by atoms with Crippen LogP contribution in [0.25, 0.3) is 0 Å². The molecule has 1 rings (SSSR count). The van der Waals surface area contributed by atoms with E-state index in [0.717, 1.165) is 19.3 Å². The molecule has 2 N–H and O–H groups in total. The molecule has 1 fully saturated rings. The van der Waals surface area contributed by atoms with Crippen LogP contribution >= 0.6 is 11.8 Å². The van der Waals surface area contributed by atoms with Gasteiger partial charge in [0.15, 0.2) is 0 Å². The normalized spacial score (nSPS) is 19.3. The number of hydrogen-bond donors (Lipinski definition) is 2. The van der Waals surface area contributed by atoms with Crippen molar-refractivity contribution in [3.63, 3.8) is 0 Å². The molecule has 1 aliphatic heterocycles. The Hall–Kier alpha value is -0.170. The lowest BCUT2D eigenvalue weighted by Crippen LogP contribution is -2.18. The highest BCUT2D eigenvalue weighted by atomic mass is 32.2. The van der Waals surface area contributed by atoms with E-state index in [0.29, 0.717) is 0 Å². The van der Waals surface area contributed by atoms with E-state index in [4.69, 9.17) is 6.42 Å². The van der Waals surface area contributed by atoms with Crippen LogP contribution in [-0.4, -0.2) is 17.7 Å². The summed E-state index contributed by atoms with van der Waals surface area (Å²) >= 11 is 1.87. The predicted molar refractivity (Wildman–Crippen MR) is 50.1 cm³/mol. The first-order chi connectivity index (χ1) is 5.33. The maximum atomic E-state index is 5.18. The quantitative estimate of drug-likeness (QED) is 0.477. The molecule has 0 saturated carbocycles. The van der Waals surface area contributed by atoms with Gasteiger partial charge in [-0.3, -0.25) is 0 Å². The van der Waals surface area contributed by atoms with E-state index in [1.165, 1.54) is 5.75 Å². The van der Waals surface area contributed by atoms with Gasteiger partial charge in [-0.25, -0.2) is 10.9 Å². The van der Waals surface area contributed by atoms with E-state index in [2.05, 4.69) is 23.0 Å². The van der Waals surface area contributed by atoms with Gasteiger partial charge in [0, 0.05) is 6.42 Å². The number of hydrazine groups is 1. The molecule has 0 aliphatic carbocycles. The zero-order chi connectivity index (χ0) is 8.16. The first kappa shape index (κ1) is 8.92. The van der Waals surface area contributed by atoms with Crippen LogP contribution < -0.4 is 10.9 Å². The van der Waals surface area contributed by atoms with Gasteiger partial charge in [-0.2, -0.15) is 11.8 Å².